The van der Waals surface area contributed by atoms with Gasteiger partial charge in [0.2, 0.25) is 0 Å². The van der Waals surface area contributed by atoms with Crippen molar-refractivity contribution in [2.45, 2.75) is 71.8 Å². The van der Waals surface area contributed by atoms with Crippen molar-refractivity contribution in [1.29, 1.82) is 0 Å². The highest BCUT2D eigenvalue weighted by atomic mass is 32.2. The molecule has 0 aliphatic heterocycles. The Kier molecular flexibility index (Phi) is 14.5. The first kappa shape index (κ1) is 28.5. The van der Waals surface area contributed by atoms with Crippen LogP contribution in [0, 0.1) is 0 Å². The third kappa shape index (κ3) is 17.4. The number of aliphatic hydroxyl groups is 1. The molecule has 3 N–H and O–H groups in total. The maximum atomic E-state index is 12.1. The molecule has 0 saturated heterocycles. The predicted octanol–water partition coefficient (Wildman–Crippen LogP) is 5.62. The number of rotatable bonds is 14. The zero-order chi connectivity index (χ0) is 23.2. The van der Waals surface area contributed by atoms with E-state index in [-0.39, 0.29) is 11.8 Å². The summed E-state index contributed by atoms with van der Waals surface area (Å²) in [5, 5.41) is 20.9. The van der Waals surface area contributed by atoms with Crippen molar-refractivity contribution in [1.82, 2.24) is 5.32 Å². The van der Waals surface area contributed by atoms with Gasteiger partial charge in [0.05, 0.1) is 0 Å². The minimum absolute atomic E-state index is 0.124. The lowest BCUT2D eigenvalue weighted by atomic mass is 10.1. The lowest BCUT2D eigenvalue weighted by molar-refractivity contribution is -0.139. The highest BCUT2D eigenvalue weighted by molar-refractivity contribution is 7.99. The monoisotopic (exact) mass is 449 g/mol. The van der Waals surface area contributed by atoms with Gasteiger partial charge in [-0.25, -0.2) is 0 Å². The summed E-state index contributed by atoms with van der Waals surface area (Å²) < 4.78 is 36.3. The van der Waals surface area contributed by atoms with Crippen molar-refractivity contribution in [3.63, 3.8) is 0 Å². The molecule has 0 aromatic heterocycles. The van der Waals surface area contributed by atoms with E-state index in [0.717, 1.165) is 25.7 Å². The normalized spacial score (nSPS) is 15.3. The van der Waals surface area contributed by atoms with Crippen molar-refractivity contribution >= 4 is 17.7 Å². The fourth-order valence-corrected chi connectivity index (χ4v) is 3.39. The molecule has 0 unspecified atom stereocenters. The van der Waals surface area contributed by atoms with Gasteiger partial charge in [0, 0.05) is 17.6 Å². The van der Waals surface area contributed by atoms with Crippen molar-refractivity contribution in [2.75, 3.05) is 11.5 Å². The van der Waals surface area contributed by atoms with E-state index in [4.69, 9.17) is 5.11 Å². The summed E-state index contributed by atoms with van der Waals surface area (Å²) in [4.78, 5) is 11.2. The molecule has 0 aromatic rings. The number of aliphatic carboxylic acids is 1. The summed E-state index contributed by atoms with van der Waals surface area (Å²) in [6, 6.07) is -1.15. The standard InChI is InChI=1S/C22H34F3NO3S/c1-16(2)7-5-8-17(3)9-6-10-18(4)12-14-30-15-19(21(28)29)26-20(27)11-13-22(23,24)25/h7,9,11-13,19-20,26-27H,5-6,8,10,14-15H2,1-4H3,(H,28,29)/b13-11+,17-9+,18-12+/t19-,20+/m0/s1. The molecule has 0 aliphatic rings. The third-order valence-electron chi connectivity index (χ3n) is 4.09. The van der Waals surface area contributed by atoms with E-state index in [1.165, 1.54) is 28.5 Å². The Morgan fingerprint density at radius 3 is 2.13 bits per heavy atom. The van der Waals surface area contributed by atoms with Gasteiger partial charge in [0.1, 0.15) is 12.3 Å². The first-order valence-electron chi connectivity index (χ1n) is 9.86. The van der Waals surface area contributed by atoms with Gasteiger partial charge in [0.25, 0.3) is 0 Å². The third-order valence-corrected chi connectivity index (χ3v) is 5.07. The van der Waals surface area contributed by atoms with E-state index in [1.54, 1.807) is 0 Å². The van der Waals surface area contributed by atoms with Gasteiger partial charge in [-0.2, -0.15) is 24.9 Å². The molecule has 0 fully saturated rings. The second-order valence-electron chi connectivity index (χ2n) is 7.40. The Bertz CT molecular complexity index is 636. The molecule has 8 heteroatoms. The van der Waals surface area contributed by atoms with Crippen LogP contribution in [0.4, 0.5) is 13.2 Å². The molecular formula is C22H34F3NO3S. The minimum Gasteiger partial charge on any atom is -0.480 e. The molecule has 0 aliphatic carbocycles. The molecule has 172 valence electrons. The molecule has 30 heavy (non-hydrogen) atoms. The van der Waals surface area contributed by atoms with E-state index in [2.05, 4.69) is 38.2 Å². The van der Waals surface area contributed by atoms with E-state index < -0.39 is 24.4 Å². The number of nitrogens with one attached hydrogen (secondary N) is 1. The van der Waals surface area contributed by atoms with Crippen molar-refractivity contribution in [2.24, 2.45) is 0 Å². The predicted molar refractivity (Wildman–Crippen MR) is 118 cm³/mol. The topological polar surface area (TPSA) is 69.6 Å². The second-order valence-corrected chi connectivity index (χ2v) is 8.48. The van der Waals surface area contributed by atoms with Crippen molar-refractivity contribution in [3.8, 4) is 0 Å². The van der Waals surface area contributed by atoms with Gasteiger partial charge < -0.3 is 10.2 Å². The van der Waals surface area contributed by atoms with Crippen LogP contribution in [0.15, 0.2) is 47.1 Å². The van der Waals surface area contributed by atoms with E-state index in [9.17, 15) is 23.1 Å². The number of carboxylic acid groups (broad SMARTS) is 1. The van der Waals surface area contributed by atoms with Crippen molar-refractivity contribution < 1.29 is 28.2 Å². The molecule has 0 saturated carbocycles. The average Bonchev–Trinajstić information content (AvgIpc) is 2.61. The molecule has 0 spiro atoms. The number of hydrogen-bond acceptors (Lipinski definition) is 4. The summed E-state index contributed by atoms with van der Waals surface area (Å²) in [6.45, 7) is 8.33. The van der Waals surface area contributed by atoms with Gasteiger partial charge in [0.15, 0.2) is 0 Å². The Morgan fingerprint density at radius 2 is 1.60 bits per heavy atom. The van der Waals surface area contributed by atoms with Gasteiger partial charge in [-0.05, 0) is 59.5 Å². The zero-order valence-corrected chi connectivity index (χ0v) is 18.9. The van der Waals surface area contributed by atoms with Gasteiger partial charge >= 0.3 is 12.1 Å². The minimum atomic E-state index is -4.56. The van der Waals surface area contributed by atoms with Gasteiger partial charge in [-0.15, -0.1) is 0 Å². The Balaban J connectivity index is 4.30. The van der Waals surface area contributed by atoms with Crippen LogP contribution in [0.3, 0.4) is 0 Å². The molecule has 4 nitrogen and oxygen atoms in total. The van der Waals surface area contributed by atoms with Gasteiger partial charge in [-0.1, -0.05) is 34.9 Å². The van der Waals surface area contributed by atoms with Crippen LogP contribution in [0.5, 0.6) is 0 Å². The molecule has 0 aromatic carbocycles. The smallest absolute Gasteiger partial charge is 0.409 e. The number of hydrogen-bond donors (Lipinski definition) is 3. The maximum Gasteiger partial charge on any atom is 0.409 e. The number of allylic oxidation sites excluding steroid dienone is 6. The molecular weight excluding hydrogens is 415 g/mol. The molecule has 0 bridgehead atoms. The van der Waals surface area contributed by atoms with E-state index >= 15 is 0 Å². The lowest BCUT2D eigenvalue weighted by Crippen LogP contribution is -2.44. The van der Waals surface area contributed by atoms with Crippen LogP contribution >= 0.6 is 11.8 Å². The quantitative estimate of drug-likeness (QED) is 0.182. The molecule has 0 amide bonds. The molecule has 0 heterocycles. The first-order chi connectivity index (χ1) is 13.9. The second kappa shape index (κ2) is 15.3. The highest BCUT2D eigenvalue weighted by Crippen LogP contribution is 2.16. The fourth-order valence-electron chi connectivity index (χ4n) is 2.38. The van der Waals surface area contributed by atoms with E-state index in [1.807, 2.05) is 13.0 Å². The van der Waals surface area contributed by atoms with Crippen LogP contribution in [-0.2, 0) is 4.79 Å². The van der Waals surface area contributed by atoms with Crippen LogP contribution in [0.25, 0.3) is 0 Å². The molecule has 0 radical (unpaired) electrons. The van der Waals surface area contributed by atoms with Crippen molar-refractivity contribution in [3.05, 3.63) is 47.1 Å². The number of aliphatic hydroxyl groups excluding tert-OH is 1. The number of halogens is 3. The van der Waals surface area contributed by atoms with E-state index in [0.29, 0.717) is 11.8 Å². The highest BCUT2D eigenvalue weighted by Gasteiger charge is 2.24. The largest absolute Gasteiger partial charge is 0.480 e. The zero-order valence-electron chi connectivity index (χ0n) is 18.1. The summed E-state index contributed by atoms with van der Waals surface area (Å²) in [6.07, 6.45) is 4.58. The number of carboxylic acids is 1. The van der Waals surface area contributed by atoms with Gasteiger partial charge in [-0.3, -0.25) is 10.1 Å². The van der Waals surface area contributed by atoms with Crippen LogP contribution in [0.1, 0.15) is 53.4 Å². The molecule has 2 atom stereocenters. The summed E-state index contributed by atoms with van der Waals surface area (Å²) in [5.41, 5.74) is 3.89. The fraction of sp³-hybridized carbons (Fsp3) is 0.591. The Morgan fingerprint density at radius 1 is 1.03 bits per heavy atom. The maximum absolute atomic E-state index is 12.1. The number of alkyl halides is 3. The molecule has 0 rings (SSSR count). The number of carbonyl (C=O) groups is 1. The Hall–Kier alpha value is -1.51. The SMILES string of the molecule is CC(C)=CCC/C(C)=C/CC/C(C)=C/CSC[C@H](N[C@H](O)/C=C/C(F)(F)F)C(=O)O. The summed E-state index contributed by atoms with van der Waals surface area (Å²) in [5.74, 6) is -0.509. The average molecular weight is 450 g/mol. The van der Waals surface area contributed by atoms with Crippen LogP contribution in [-0.4, -0.2) is 46.1 Å². The van der Waals surface area contributed by atoms with Crippen LogP contribution in [0.2, 0.25) is 0 Å². The van der Waals surface area contributed by atoms with Crippen LogP contribution < -0.4 is 5.32 Å². The lowest BCUT2D eigenvalue weighted by Gasteiger charge is -2.16. The summed E-state index contributed by atoms with van der Waals surface area (Å²) >= 11 is 1.34. The summed E-state index contributed by atoms with van der Waals surface area (Å²) in [7, 11) is 0. The first-order valence-corrected chi connectivity index (χ1v) is 11.0. The Labute approximate surface area is 182 Å². The number of thioether (sulfide) groups is 1.